The number of ether oxygens (including phenoxy) is 1. The standard InChI is InChI=1S/C11H20N2O3/c1-16-11(15)5-3-7-13-10(14)8-9-4-2-6-12-9/h9,12H,2-8H2,1H3,(H,13,14). The van der Waals surface area contributed by atoms with Crippen LogP contribution in [0.3, 0.4) is 0 Å². The zero-order valence-corrected chi connectivity index (χ0v) is 9.75. The van der Waals surface area contributed by atoms with Gasteiger partial charge in [-0.15, -0.1) is 0 Å². The van der Waals surface area contributed by atoms with Gasteiger partial charge >= 0.3 is 5.97 Å². The average Bonchev–Trinajstić information content (AvgIpc) is 2.76. The fourth-order valence-corrected chi connectivity index (χ4v) is 1.79. The van der Waals surface area contributed by atoms with Crippen LogP contribution in [0.25, 0.3) is 0 Å². The van der Waals surface area contributed by atoms with E-state index in [2.05, 4.69) is 15.4 Å². The predicted octanol–water partition coefficient (Wildman–Crippen LogP) is 0.198. The molecule has 5 nitrogen and oxygen atoms in total. The van der Waals surface area contributed by atoms with Crippen molar-refractivity contribution in [2.45, 2.75) is 38.1 Å². The number of carbonyl (C=O) groups excluding carboxylic acids is 2. The molecule has 0 bridgehead atoms. The third kappa shape index (κ3) is 5.11. The number of amides is 1. The van der Waals surface area contributed by atoms with Crippen molar-refractivity contribution in [1.82, 2.24) is 10.6 Å². The number of rotatable bonds is 6. The van der Waals surface area contributed by atoms with Crippen molar-refractivity contribution >= 4 is 11.9 Å². The number of hydrogen-bond acceptors (Lipinski definition) is 4. The summed E-state index contributed by atoms with van der Waals surface area (Å²) in [6.45, 7) is 1.56. The quantitative estimate of drug-likeness (QED) is 0.503. The Morgan fingerprint density at radius 1 is 1.50 bits per heavy atom. The third-order valence-electron chi connectivity index (χ3n) is 2.70. The summed E-state index contributed by atoms with van der Waals surface area (Å²) in [7, 11) is 1.37. The molecule has 92 valence electrons. The van der Waals surface area contributed by atoms with Gasteiger partial charge in [0.1, 0.15) is 0 Å². The van der Waals surface area contributed by atoms with E-state index in [0.29, 0.717) is 31.8 Å². The molecule has 0 aromatic rings. The number of esters is 1. The van der Waals surface area contributed by atoms with E-state index in [4.69, 9.17) is 0 Å². The van der Waals surface area contributed by atoms with Crippen molar-refractivity contribution in [3.63, 3.8) is 0 Å². The highest BCUT2D eigenvalue weighted by Crippen LogP contribution is 2.08. The Morgan fingerprint density at radius 2 is 2.31 bits per heavy atom. The van der Waals surface area contributed by atoms with Crippen molar-refractivity contribution in [3.8, 4) is 0 Å². The largest absolute Gasteiger partial charge is 0.469 e. The highest BCUT2D eigenvalue weighted by Gasteiger charge is 2.17. The molecule has 1 heterocycles. The van der Waals surface area contributed by atoms with Gasteiger partial charge in [-0.1, -0.05) is 0 Å². The van der Waals surface area contributed by atoms with Crippen LogP contribution >= 0.6 is 0 Å². The Morgan fingerprint density at radius 3 is 2.94 bits per heavy atom. The predicted molar refractivity (Wildman–Crippen MR) is 59.9 cm³/mol. The van der Waals surface area contributed by atoms with Crippen molar-refractivity contribution < 1.29 is 14.3 Å². The first kappa shape index (κ1) is 13.0. The van der Waals surface area contributed by atoms with Crippen LogP contribution in [0.2, 0.25) is 0 Å². The molecule has 1 rings (SSSR count). The lowest BCUT2D eigenvalue weighted by atomic mass is 10.1. The number of methoxy groups -OCH3 is 1. The Labute approximate surface area is 95.9 Å². The highest BCUT2D eigenvalue weighted by atomic mass is 16.5. The monoisotopic (exact) mass is 228 g/mol. The Kier molecular flexibility index (Phi) is 5.85. The molecule has 0 spiro atoms. The number of nitrogens with one attached hydrogen (secondary N) is 2. The van der Waals surface area contributed by atoms with E-state index in [0.717, 1.165) is 19.4 Å². The van der Waals surface area contributed by atoms with Crippen molar-refractivity contribution in [3.05, 3.63) is 0 Å². The summed E-state index contributed by atoms with van der Waals surface area (Å²) in [5.41, 5.74) is 0. The lowest BCUT2D eigenvalue weighted by Crippen LogP contribution is -2.32. The Bertz CT molecular complexity index is 237. The van der Waals surface area contributed by atoms with Gasteiger partial charge in [0.2, 0.25) is 5.91 Å². The maximum Gasteiger partial charge on any atom is 0.305 e. The molecule has 0 aliphatic carbocycles. The zero-order chi connectivity index (χ0) is 11.8. The van der Waals surface area contributed by atoms with Crippen LogP contribution in [0.1, 0.15) is 32.1 Å². The summed E-state index contributed by atoms with van der Waals surface area (Å²) in [6.07, 6.45) is 3.77. The third-order valence-corrected chi connectivity index (χ3v) is 2.70. The smallest absolute Gasteiger partial charge is 0.305 e. The molecular formula is C11H20N2O3. The Balaban J connectivity index is 1.99. The van der Waals surface area contributed by atoms with E-state index < -0.39 is 0 Å². The highest BCUT2D eigenvalue weighted by molar-refractivity contribution is 5.76. The minimum atomic E-state index is -0.230. The summed E-state index contributed by atoms with van der Waals surface area (Å²) >= 11 is 0. The van der Waals surface area contributed by atoms with Crippen molar-refractivity contribution in [2.75, 3.05) is 20.2 Å². The van der Waals surface area contributed by atoms with Gasteiger partial charge in [0.15, 0.2) is 0 Å². The SMILES string of the molecule is COC(=O)CCCNC(=O)CC1CCCN1. The maximum absolute atomic E-state index is 11.4. The van der Waals surface area contributed by atoms with Crippen LogP contribution in [0.4, 0.5) is 0 Å². The van der Waals surface area contributed by atoms with Gasteiger partial charge in [-0.3, -0.25) is 9.59 Å². The molecular weight excluding hydrogens is 208 g/mol. The van der Waals surface area contributed by atoms with E-state index in [1.165, 1.54) is 7.11 Å². The Hall–Kier alpha value is -1.10. The van der Waals surface area contributed by atoms with Gasteiger partial charge < -0.3 is 15.4 Å². The lowest BCUT2D eigenvalue weighted by molar-refractivity contribution is -0.140. The van der Waals surface area contributed by atoms with Crippen LogP contribution in [-0.2, 0) is 14.3 Å². The summed E-state index contributed by atoms with van der Waals surface area (Å²) in [4.78, 5) is 22.2. The molecule has 0 radical (unpaired) electrons. The van der Waals surface area contributed by atoms with Gasteiger partial charge in [0, 0.05) is 25.4 Å². The molecule has 0 aromatic carbocycles. The van der Waals surface area contributed by atoms with Crippen molar-refractivity contribution in [2.24, 2.45) is 0 Å². The molecule has 1 saturated heterocycles. The molecule has 1 amide bonds. The molecule has 1 fully saturated rings. The first-order chi connectivity index (χ1) is 7.72. The normalized spacial score (nSPS) is 19.4. The van der Waals surface area contributed by atoms with E-state index >= 15 is 0 Å². The summed E-state index contributed by atoms with van der Waals surface area (Å²) < 4.78 is 4.50. The second-order valence-corrected chi connectivity index (χ2v) is 4.03. The maximum atomic E-state index is 11.4. The molecule has 1 unspecified atom stereocenters. The fraction of sp³-hybridized carbons (Fsp3) is 0.818. The number of hydrogen-bond donors (Lipinski definition) is 2. The van der Waals surface area contributed by atoms with Gasteiger partial charge in [0.25, 0.3) is 0 Å². The molecule has 1 aliphatic rings. The molecule has 1 aliphatic heterocycles. The van der Waals surface area contributed by atoms with E-state index in [-0.39, 0.29) is 11.9 Å². The van der Waals surface area contributed by atoms with Gasteiger partial charge in [-0.05, 0) is 25.8 Å². The van der Waals surface area contributed by atoms with E-state index in [9.17, 15) is 9.59 Å². The van der Waals surface area contributed by atoms with E-state index in [1.807, 2.05) is 0 Å². The van der Waals surface area contributed by atoms with Crippen LogP contribution in [0.15, 0.2) is 0 Å². The van der Waals surface area contributed by atoms with Crippen LogP contribution in [-0.4, -0.2) is 38.1 Å². The topological polar surface area (TPSA) is 67.4 Å². The molecule has 5 heteroatoms. The summed E-state index contributed by atoms with van der Waals surface area (Å²) in [5.74, 6) is -0.170. The lowest BCUT2D eigenvalue weighted by Gasteiger charge is -2.09. The molecule has 2 N–H and O–H groups in total. The van der Waals surface area contributed by atoms with Crippen LogP contribution in [0, 0.1) is 0 Å². The van der Waals surface area contributed by atoms with Crippen molar-refractivity contribution in [1.29, 1.82) is 0 Å². The number of carbonyl (C=O) groups is 2. The second kappa shape index (κ2) is 7.22. The van der Waals surface area contributed by atoms with Gasteiger partial charge in [-0.2, -0.15) is 0 Å². The average molecular weight is 228 g/mol. The first-order valence-corrected chi connectivity index (χ1v) is 5.79. The second-order valence-electron chi connectivity index (χ2n) is 4.03. The fourth-order valence-electron chi connectivity index (χ4n) is 1.79. The minimum Gasteiger partial charge on any atom is -0.469 e. The van der Waals surface area contributed by atoms with Gasteiger partial charge in [-0.25, -0.2) is 0 Å². The molecule has 16 heavy (non-hydrogen) atoms. The zero-order valence-electron chi connectivity index (χ0n) is 9.75. The molecule has 1 atom stereocenters. The first-order valence-electron chi connectivity index (χ1n) is 5.79. The van der Waals surface area contributed by atoms with Crippen LogP contribution < -0.4 is 10.6 Å². The minimum absolute atomic E-state index is 0.0595. The van der Waals surface area contributed by atoms with E-state index in [1.54, 1.807) is 0 Å². The van der Waals surface area contributed by atoms with Gasteiger partial charge in [0.05, 0.1) is 7.11 Å². The van der Waals surface area contributed by atoms with Crippen LogP contribution in [0.5, 0.6) is 0 Å². The summed E-state index contributed by atoms with van der Waals surface area (Å²) in [5, 5.41) is 6.07. The summed E-state index contributed by atoms with van der Waals surface area (Å²) in [6, 6.07) is 0.334. The molecule has 0 saturated carbocycles. The molecule has 0 aromatic heterocycles.